The van der Waals surface area contributed by atoms with E-state index < -0.39 is 11.6 Å². The molecule has 2 aliphatic rings. The van der Waals surface area contributed by atoms with Crippen LogP contribution in [0.15, 0.2) is 23.5 Å². The maximum absolute atomic E-state index is 12.3. The third-order valence-electron chi connectivity index (χ3n) is 4.25. The highest BCUT2D eigenvalue weighted by Gasteiger charge is 2.42. The molecule has 1 aliphatic carbocycles. The Bertz CT molecular complexity index is 809. The Hall–Kier alpha value is -2.40. The summed E-state index contributed by atoms with van der Waals surface area (Å²) < 4.78 is 5.42. The molecule has 3 rings (SSSR count). The van der Waals surface area contributed by atoms with Gasteiger partial charge in [-0.3, -0.25) is 9.59 Å². The van der Waals surface area contributed by atoms with Gasteiger partial charge >= 0.3 is 0 Å². The van der Waals surface area contributed by atoms with Crippen LogP contribution in [0.5, 0.6) is 5.75 Å². The summed E-state index contributed by atoms with van der Waals surface area (Å²) >= 11 is 0. The molecule has 0 amide bonds. The first kappa shape index (κ1) is 14.5. The summed E-state index contributed by atoms with van der Waals surface area (Å²) in [6, 6.07) is 1.68. The molecule has 1 unspecified atom stereocenters. The number of ketones is 2. The van der Waals surface area contributed by atoms with E-state index >= 15 is 0 Å². The number of hydrogen-bond acceptors (Lipinski definition) is 5. The number of carbonyl (C=O) groups is 2. The number of fused-ring (bicyclic) bond motifs is 3. The van der Waals surface area contributed by atoms with Crippen molar-refractivity contribution in [1.82, 2.24) is 0 Å². The Morgan fingerprint density at radius 3 is 2.55 bits per heavy atom. The van der Waals surface area contributed by atoms with Crippen LogP contribution >= 0.6 is 0 Å². The molecule has 2 N–H and O–H groups in total. The molecule has 0 fully saturated rings. The monoisotopic (exact) mass is 300 g/mol. The van der Waals surface area contributed by atoms with Crippen molar-refractivity contribution in [3.05, 3.63) is 45.7 Å². The molecule has 1 aromatic rings. The summed E-state index contributed by atoms with van der Waals surface area (Å²) in [6.45, 7) is 6.25. The number of Topliss-reactive ketones (excluding diaryl/α,β-unsaturated/α-hetero) is 1. The summed E-state index contributed by atoms with van der Waals surface area (Å²) in [5.74, 6) is -2.27. The predicted molar refractivity (Wildman–Crippen MR) is 79.6 cm³/mol. The van der Waals surface area contributed by atoms with E-state index in [2.05, 4.69) is 0 Å². The summed E-state index contributed by atoms with van der Waals surface area (Å²) in [5, 5.41) is 20.6. The second kappa shape index (κ2) is 4.30. The van der Waals surface area contributed by atoms with Crippen LogP contribution < -0.4 is 0 Å². The molecule has 1 aliphatic heterocycles. The molecular weight excluding hydrogens is 284 g/mol. The second-order valence-corrected chi connectivity index (χ2v) is 5.85. The molecule has 5 heteroatoms. The zero-order valence-corrected chi connectivity index (χ0v) is 12.8. The van der Waals surface area contributed by atoms with Gasteiger partial charge in [-0.2, -0.15) is 0 Å². The minimum absolute atomic E-state index is 0.0789. The Labute approximate surface area is 127 Å². The van der Waals surface area contributed by atoms with E-state index in [4.69, 9.17) is 4.74 Å². The zero-order valence-electron chi connectivity index (χ0n) is 12.8. The number of allylic oxidation sites excluding steroid dienone is 2. The highest BCUT2D eigenvalue weighted by molar-refractivity contribution is 6.17. The summed E-state index contributed by atoms with van der Waals surface area (Å²) in [5.41, 5.74) is 2.43. The Morgan fingerprint density at radius 1 is 1.32 bits per heavy atom. The number of phenolic OH excluding ortho intramolecular Hbond substituents is 1. The number of ether oxygens (including phenoxy) is 1. The molecule has 0 aromatic heterocycles. The quantitative estimate of drug-likeness (QED) is 0.778. The first-order valence-electron chi connectivity index (χ1n) is 6.92. The maximum atomic E-state index is 12.3. The number of aryl methyl sites for hydroxylation is 1. The largest absolute Gasteiger partial charge is 0.506 e. The first-order chi connectivity index (χ1) is 10.1. The number of aromatic hydroxyl groups is 1. The first-order valence-corrected chi connectivity index (χ1v) is 6.92. The van der Waals surface area contributed by atoms with Crippen molar-refractivity contribution < 1.29 is 24.5 Å². The van der Waals surface area contributed by atoms with Gasteiger partial charge in [0, 0.05) is 29.7 Å². The zero-order chi connectivity index (χ0) is 16.4. The lowest BCUT2D eigenvalue weighted by atomic mass is 9.84. The molecule has 1 aromatic carbocycles. The van der Waals surface area contributed by atoms with Crippen LogP contribution in [0, 0.1) is 6.92 Å². The van der Waals surface area contributed by atoms with Gasteiger partial charge in [-0.15, -0.1) is 0 Å². The number of aliphatic hydroxyl groups is 1. The number of carbonyl (C=O) groups excluding carboxylic acids is 2. The van der Waals surface area contributed by atoms with Gasteiger partial charge < -0.3 is 14.9 Å². The third-order valence-corrected chi connectivity index (χ3v) is 4.25. The second-order valence-electron chi connectivity index (χ2n) is 5.85. The van der Waals surface area contributed by atoms with E-state index in [0.717, 1.165) is 0 Å². The Balaban J connectivity index is 2.40. The van der Waals surface area contributed by atoms with Crippen molar-refractivity contribution in [3.63, 3.8) is 0 Å². The smallest absolute Gasteiger partial charge is 0.228 e. The van der Waals surface area contributed by atoms with Crippen LogP contribution in [0.4, 0.5) is 0 Å². The summed E-state index contributed by atoms with van der Waals surface area (Å²) in [4.78, 5) is 24.0. The number of rotatable bonds is 1. The molecule has 0 radical (unpaired) electrons. The molecular formula is C17H16O5. The maximum Gasteiger partial charge on any atom is 0.228 e. The topological polar surface area (TPSA) is 83.8 Å². The fourth-order valence-electron chi connectivity index (χ4n) is 3.08. The fourth-order valence-corrected chi connectivity index (χ4v) is 3.08. The van der Waals surface area contributed by atoms with Gasteiger partial charge in [-0.1, -0.05) is 0 Å². The van der Waals surface area contributed by atoms with Gasteiger partial charge in [-0.05, 0) is 32.4 Å². The molecule has 5 nitrogen and oxygen atoms in total. The van der Waals surface area contributed by atoms with Crippen molar-refractivity contribution >= 4 is 17.1 Å². The van der Waals surface area contributed by atoms with E-state index in [-0.39, 0.29) is 28.4 Å². The third kappa shape index (κ3) is 1.75. The lowest BCUT2D eigenvalue weighted by Crippen LogP contribution is -2.24. The average molecular weight is 300 g/mol. The van der Waals surface area contributed by atoms with Gasteiger partial charge in [0.25, 0.3) is 0 Å². The highest BCUT2D eigenvalue weighted by atomic mass is 16.6. The summed E-state index contributed by atoms with van der Waals surface area (Å²) in [7, 11) is 0. The standard InChI is InChI=1S/C17H16O5/c1-7-5-10-14-8(2)17(4,21)22-12(14)6-11(19)15(10)16(20)13(7)9(3)18/h5-6,20-21H,1-4H3. The molecule has 0 saturated heterocycles. The SMILES string of the molecule is CC(=O)c1c(C)cc2c(c1O)C(=O)C=C1OC(C)(O)C(C)=C12. The fraction of sp³-hybridized carbons (Fsp3) is 0.294. The van der Waals surface area contributed by atoms with Gasteiger partial charge in [0.2, 0.25) is 5.79 Å². The number of hydrogen-bond donors (Lipinski definition) is 2. The van der Waals surface area contributed by atoms with Gasteiger partial charge in [0.05, 0.1) is 11.1 Å². The van der Waals surface area contributed by atoms with Crippen LogP contribution in [0.2, 0.25) is 0 Å². The average Bonchev–Trinajstić information content (AvgIpc) is 2.58. The van der Waals surface area contributed by atoms with Crippen molar-refractivity contribution in [1.29, 1.82) is 0 Å². The number of phenols is 1. The molecule has 0 saturated carbocycles. The normalized spacial score (nSPS) is 23.0. The Kier molecular flexibility index (Phi) is 2.84. The van der Waals surface area contributed by atoms with Crippen molar-refractivity contribution in [2.45, 2.75) is 33.5 Å². The summed E-state index contributed by atoms with van der Waals surface area (Å²) in [6.07, 6.45) is 1.24. The van der Waals surface area contributed by atoms with E-state index in [1.165, 1.54) is 19.9 Å². The molecule has 1 atom stereocenters. The highest BCUT2D eigenvalue weighted by Crippen LogP contribution is 2.48. The molecule has 0 bridgehead atoms. The van der Waals surface area contributed by atoms with E-state index in [0.29, 0.717) is 22.3 Å². The van der Waals surface area contributed by atoms with Crippen molar-refractivity contribution in [2.24, 2.45) is 0 Å². The lowest BCUT2D eigenvalue weighted by Gasteiger charge is -2.20. The molecule has 1 heterocycles. The minimum Gasteiger partial charge on any atom is -0.506 e. The van der Waals surface area contributed by atoms with Crippen LogP contribution in [-0.2, 0) is 4.74 Å². The molecule has 22 heavy (non-hydrogen) atoms. The van der Waals surface area contributed by atoms with E-state index in [1.54, 1.807) is 19.9 Å². The van der Waals surface area contributed by atoms with E-state index in [1.807, 2.05) is 0 Å². The van der Waals surface area contributed by atoms with Crippen LogP contribution in [0.3, 0.4) is 0 Å². The van der Waals surface area contributed by atoms with Gasteiger partial charge in [0.15, 0.2) is 11.6 Å². The van der Waals surface area contributed by atoms with Crippen LogP contribution in [-0.4, -0.2) is 27.6 Å². The Morgan fingerprint density at radius 2 is 1.95 bits per heavy atom. The van der Waals surface area contributed by atoms with Gasteiger partial charge in [-0.25, -0.2) is 0 Å². The lowest BCUT2D eigenvalue weighted by molar-refractivity contribution is -0.116. The van der Waals surface area contributed by atoms with Crippen molar-refractivity contribution in [3.8, 4) is 5.75 Å². The van der Waals surface area contributed by atoms with Crippen LogP contribution in [0.1, 0.15) is 52.6 Å². The number of benzene rings is 1. The molecule has 114 valence electrons. The van der Waals surface area contributed by atoms with Gasteiger partial charge in [0.1, 0.15) is 11.5 Å². The van der Waals surface area contributed by atoms with Crippen molar-refractivity contribution in [2.75, 3.05) is 0 Å². The van der Waals surface area contributed by atoms with E-state index in [9.17, 15) is 19.8 Å². The minimum atomic E-state index is -1.49. The molecule has 0 spiro atoms. The predicted octanol–water partition coefficient (Wildman–Crippen LogP) is 2.50. The van der Waals surface area contributed by atoms with Crippen LogP contribution in [0.25, 0.3) is 5.57 Å².